The predicted molar refractivity (Wildman–Crippen MR) is 88.1 cm³/mol. The topological polar surface area (TPSA) is 43.0 Å². The summed E-state index contributed by atoms with van der Waals surface area (Å²) in [4.78, 5) is 2.54. The van der Waals surface area contributed by atoms with Crippen molar-refractivity contribution in [2.24, 2.45) is 0 Å². The van der Waals surface area contributed by atoms with Gasteiger partial charge in [0.25, 0.3) is 0 Å². The molecule has 1 aromatic carbocycles. The van der Waals surface area contributed by atoms with E-state index in [2.05, 4.69) is 17.1 Å². The van der Waals surface area contributed by atoms with Gasteiger partial charge in [0.2, 0.25) is 5.75 Å². The minimum absolute atomic E-state index is 0.640. The monoisotopic (exact) mass is 308 g/mol. The van der Waals surface area contributed by atoms with Crippen LogP contribution in [-0.2, 0) is 6.54 Å². The van der Waals surface area contributed by atoms with Crippen LogP contribution in [-0.4, -0.2) is 51.9 Å². The summed E-state index contributed by atoms with van der Waals surface area (Å²) < 4.78 is 16.1. The van der Waals surface area contributed by atoms with E-state index in [1.165, 1.54) is 19.4 Å². The largest absolute Gasteiger partial charge is 0.493 e. The van der Waals surface area contributed by atoms with Crippen molar-refractivity contribution in [2.75, 3.05) is 41.0 Å². The van der Waals surface area contributed by atoms with Gasteiger partial charge in [-0.05, 0) is 43.6 Å². The molecule has 5 nitrogen and oxygen atoms in total. The lowest BCUT2D eigenvalue weighted by Crippen LogP contribution is -2.37. The normalized spacial score (nSPS) is 18.5. The first kappa shape index (κ1) is 16.9. The third-order valence-electron chi connectivity index (χ3n) is 4.34. The summed E-state index contributed by atoms with van der Waals surface area (Å²) >= 11 is 0. The van der Waals surface area contributed by atoms with Crippen molar-refractivity contribution >= 4 is 0 Å². The van der Waals surface area contributed by atoms with Gasteiger partial charge in [-0.15, -0.1) is 0 Å². The van der Waals surface area contributed by atoms with E-state index in [-0.39, 0.29) is 0 Å². The Morgan fingerprint density at radius 2 is 1.82 bits per heavy atom. The average molecular weight is 308 g/mol. The average Bonchev–Trinajstić information content (AvgIpc) is 3.01. The van der Waals surface area contributed by atoms with E-state index in [0.29, 0.717) is 23.3 Å². The molecular formula is C17H28N2O3. The molecular weight excluding hydrogens is 280 g/mol. The number of ether oxygens (including phenoxy) is 3. The van der Waals surface area contributed by atoms with Crippen LogP contribution in [0.1, 0.15) is 25.3 Å². The van der Waals surface area contributed by atoms with E-state index in [9.17, 15) is 0 Å². The minimum atomic E-state index is 0.640. The SMILES string of the molecule is CCN1CCC[C@H]1CNCc1cc(OC)c(OC)c(OC)c1. The maximum absolute atomic E-state index is 5.39. The zero-order chi connectivity index (χ0) is 15.9. The van der Waals surface area contributed by atoms with Crippen molar-refractivity contribution in [3.63, 3.8) is 0 Å². The molecule has 0 aromatic heterocycles. The highest BCUT2D eigenvalue weighted by Gasteiger charge is 2.22. The highest BCUT2D eigenvalue weighted by Crippen LogP contribution is 2.38. The number of likely N-dealkylation sites (N-methyl/N-ethyl adjacent to an activating group) is 1. The molecule has 124 valence electrons. The summed E-state index contributed by atoms with van der Waals surface area (Å²) in [6, 6.07) is 4.66. The molecule has 1 fully saturated rings. The quantitative estimate of drug-likeness (QED) is 0.798. The van der Waals surface area contributed by atoms with Gasteiger partial charge in [-0.1, -0.05) is 6.92 Å². The van der Waals surface area contributed by atoms with Crippen molar-refractivity contribution in [3.05, 3.63) is 17.7 Å². The Bertz CT molecular complexity index is 454. The highest BCUT2D eigenvalue weighted by molar-refractivity contribution is 5.53. The number of methoxy groups -OCH3 is 3. The van der Waals surface area contributed by atoms with Gasteiger partial charge in [-0.2, -0.15) is 0 Å². The maximum atomic E-state index is 5.39. The first-order valence-corrected chi connectivity index (χ1v) is 7.97. The van der Waals surface area contributed by atoms with Crippen molar-refractivity contribution in [1.82, 2.24) is 10.2 Å². The van der Waals surface area contributed by atoms with Gasteiger partial charge in [0, 0.05) is 19.1 Å². The van der Waals surface area contributed by atoms with E-state index < -0.39 is 0 Å². The highest BCUT2D eigenvalue weighted by atomic mass is 16.5. The molecule has 0 spiro atoms. The number of nitrogens with zero attached hydrogens (tertiary/aromatic N) is 1. The lowest BCUT2D eigenvalue weighted by Gasteiger charge is -2.23. The zero-order valence-corrected chi connectivity index (χ0v) is 14.1. The van der Waals surface area contributed by atoms with Crippen molar-refractivity contribution in [1.29, 1.82) is 0 Å². The van der Waals surface area contributed by atoms with E-state index in [4.69, 9.17) is 14.2 Å². The van der Waals surface area contributed by atoms with Crippen molar-refractivity contribution in [3.8, 4) is 17.2 Å². The third kappa shape index (κ3) is 3.84. The van der Waals surface area contributed by atoms with Gasteiger partial charge in [0.15, 0.2) is 11.5 Å². The summed E-state index contributed by atoms with van der Waals surface area (Å²) in [5.74, 6) is 2.05. The Hall–Kier alpha value is -1.46. The van der Waals surface area contributed by atoms with Gasteiger partial charge in [0.05, 0.1) is 21.3 Å². The zero-order valence-electron chi connectivity index (χ0n) is 14.1. The first-order valence-electron chi connectivity index (χ1n) is 7.97. The number of likely N-dealkylation sites (tertiary alicyclic amines) is 1. The molecule has 1 aliphatic heterocycles. The molecule has 5 heteroatoms. The minimum Gasteiger partial charge on any atom is -0.493 e. The van der Waals surface area contributed by atoms with Gasteiger partial charge < -0.3 is 19.5 Å². The fourth-order valence-electron chi connectivity index (χ4n) is 3.16. The van der Waals surface area contributed by atoms with Gasteiger partial charge in [-0.3, -0.25) is 4.90 Å². The van der Waals surface area contributed by atoms with Crippen LogP contribution in [0.2, 0.25) is 0 Å². The molecule has 1 aromatic rings. The van der Waals surface area contributed by atoms with Crippen LogP contribution in [0.3, 0.4) is 0 Å². The van der Waals surface area contributed by atoms with Crippen LogP contribution in [0.4, 0.5) is 0 Å². The molecule has 1 saturated heterocycles. The maximum Gasteiger partial charge on any atom is 0.203 e. The fraction of sp³-hybridized carbons (Fsp3) is 0.647. The molecule has 2 rings (SSSR count). The summed E-state index contributed by atoms with van der Waals surface area (Å²) in [6.07, 6.45) is 2.60. The number of rotatable bonds is 8. The molecule has 22 heavy (non-hydrogen) atoms. The summed E-state index contributed by atoms with van der Waals surface area (Å²) in [5.41, 5.74) is 1.13. The fourth-order valence-corrected chi connectivity index (χ4v) is 3.16. The van der Waals surface area contributed by atoms with Crippen LogP contribution >= 0.6 is 0 Å². The molecule has 0 amide bonds. The van der Waals surface area contributed by atoms with E-state index in [1.54, 1.807) is 21.3 Å². The van der Waals surface area contributed by atoms with Crippen molar-refractivity contribution in [2.45, 2.75) is 32.4 Å². The van der Waals surface area contributed by atoms with Crippen LogP contribution in [0.25, 0.3) is 0 Å². The van der Waals surface area contributed by atoms with Crippen LogP contribution < -0.4 is 19.5 Å². The molecule has 1 atom stereocenters. The summed E-state index contributed by atoms with van der Waals surface area (Å²) in [6.45, 7) is 6.41. The molecule has 0 unspecified atom stereocenters. The Labute approximate surface area is 133 Å². The molecule has 0 radical (unpaired) electrons. The van der Waals surface area contributed by atoms with E-state index in [1.807, 2.05) is 12.1 Å². The molecule has 1 N–H and O–H groups in total. The van der Waals surface area contributed by atoms with Crippen LogP contribution in [0, 0.1) is 0 Å². The summed E-state index contributed by atoms with van der Waals surface area (Å²) in [7, 11) is 4.91. The third-order valence-corrected chi connectivity index (χ3v) is 4.34. The first-order chi connectivity index (χ1) is 10.7. The number of hydrogen-bond acceptors (Lipinski definition) is 5. The Morgan fingerprint density at radius 1 is 1.14 bits per heavy atom. The second-order valence-corrected chi connectivity index (χ2v) is 5.59. The van der Waals surface area contributed by atoms with Gasteiger partial charge >= 0.3 is 0 Å². The van der Waals surface area contributed by atoms with Crippen molar-refractivity contribution < 1.29 is 14.2 Å². The Morgan fingerprint density at radius 3 is 2.36 bits per heavy atom. The Kier molecular flexibility index (Phi) is 6.34. The molecule has 1 aliphatic rings. The second-order valence-electron chi connectivity index (χ2n) is 5.59. The summed E-state index contributed by atoms with van der Waals surface area (Å²) in [5, 5.41) is 3.55. The lowest BCUT2D eigenvalue weighted by atomic mass is 10.1. The standard InChI is InChI=1S/C17H28N2O3/c1-5-19-8-6-7-14(19)12-18-11-13-9-15(20-2)17(22-4)16(10-13)21-3/h9-10,14,18H,5-8,11-12H2,1-4H3/t14-/m0/s1. The number of hydrogen-bond donors (Lipinski definition) is 1. The lowest BCUT2D eigenvalue weighted by molar-refractivity contribution is 0.260. The second kappa shape index (κ2) is 8.25. The molecule has 1 heterocycles. The van der Waals surface area contributed by atoms with Crippen LogP contribution in [0.15, 0.2) is 12.1 Å². The van der Waals surface area contributed by atoms with Crippen LogP contribution in [0.5, 0.6) is 17.2 Å². The molecule has 0 aliphatic carbocycles. The molecule has 0 saturated carbocycles. The predicted octanol–water partition coefficient (Wildman–Crippen LogP) is 2.29. The smallest absolute Gasteiger partial charge is 0.203 e. The van der Waals surface area contributed by atoms with Gasteiger partial charge in [0.1, 0.15) is 0 Å². The number of nitrogens with one attached hydrogen (secondary N) is 1. The van der Waals surface area contributed by atoms with E-state index >= 15 is 0 Å². The van der Waals surface area contributed by atoms with Gasteiger partial charge in [-0.25, -0.2) is 0 Å². The van der Waals surface area contributed by atoms with E-state index in [0.717, 1.165) is 25.2 Å². The number of benzene rings is 1. The molecule has 0 bridgehead atoms. The Balaban J connectivity index is 1.97.